The number of carbonyl (C=O) groups is 2. The lowest BCUT2D eigenvalue weighted by Gasteiger charge is -2.23. The number of amides is 2. The molecule has 0 bridgehead atoms. The van der Waals surface area contributed by atoms with Gasteiger partial charge < -0.3 is 15.0 Å². The number of rotatable bonds is 7. The standard InChI is InChI=1S/C16H24N2O3/c1-5-9-17-16(20)8-10-18(13(3)19)14-11-12(2)6-7-15(14)21-4/h6-7,11H,5,8-10H2,1-4H3,(H,17,20). The van der Waals surface area contributed by atoms with Gasteiger partial charge in [0.05, 0.1) is 12.8 Å². The van der Waals surface area contributed by atoms with Crippen LogP contribution in [0.4, 0.5) is 5.69 Å². The van der Waals surface area contributed by atoms with E-state index in [1.165, 1.54) is 6.92 Å². The van der Waals surface area contributed by atoms with Crippen molar-refractivity contribution in [2.24, 2.45) is 0 Å². The van der Waals surface area contributed by atoms with Crippen LogP contribution in [0.25, 0.3) is 0 Å². The SMILES string of the molecule is CCCNC(=O)CCN(C(C)=O)c1cc(C)ccc1OC. The maximum atomic E-state index is 11.9. The zero-order chi connectivity index (χ0) is 15.8. The number of nitrogens with one attached hydrogen (secondary N) is 1. The predicted molar refractivity (Wildman–Crippen MR) is 83.7 cm³/mol. The van der Waals surface area contributed by atoms with Gasteiger partial charge in [-0.1, -0.05) is 13.0 Å². The second kappa shape index (κ2) is 8.29. The quantitative estimate of drug-likeness (QED) is 0.838. The third kappa shape index (κ3) is 5.10. The van der Waals surface area contributed by atoms with Crippen molar-refractivity contribution < 1.29 is 14.3 Å². The minimum atomic E-state index is -0.109. The first-order valence-corrected chi connectivity index (χ1v) is 7.19. The molecule has 116 valence electrons. The molecule has 1 aromatic rings. The molecule has 0 unspecified atom stereocenters. The average molecular weight is 292 g/mol. The Morgan fingerprint density at radius 2 is 2.05 bits per heavy atom. The van der Waals surface area contributed by atoms with Gasteiger partial charge in [-0.3, -0.25) is 9.59 Å². The summed E-state index contributed by atoms with van der Waals surface area (Å²) < 4.78 is 5.31. The van der Waals surface area contributed by atoms with Gasteiger partial charge in [-0.25, -0.2) is 0 Å². The molecule has 1 rings (SSSR count). The van der Waals surface area contributed by atoms with Crippen molar-refractivity contribution in [2.75, 3.05) is 25.1 Å². The smallest absolute Gasteiger partial charge is 0.223 e. The monoisotopic (exact) mass is 292 g/mol. The minimum absolute atomic E-state index is 0.0466. The van der Waals surface area contributed by atoms with E-state index >= 15 is 0 Å². The molecule has 2 amide bonds. The van der Waals surface area contributed by atoms with Crippen LogP contribution >= 0.6 is 0 Å². The summed E-state index contributed by atoms with van der Waals surface area (Å²) in [5.74, 6) is 0.474. The molecular weight excluding hydrogens is 268 g/mol. The van der Waals surface area contributed by atoms with Crippen molar-refractivity contribution in [1.82, 2.24) is 5.32 Å². The van der Waals surface area contributed by atoms with Gasteiger partial charge in [0.2, 0.25) is 11.8 Å². The van der Waals surface area contributed by atoms with Crippen LogP contribution in [0.5, 0.6) is 5.75 Å². The number of methoxy groups -OCH3 is 1. The molecule has 0 fully saturated rings. The fraction of sp³-hybridized carbons (Fsp3) is 0.500. The van der Waals surface area contributed by atoms with Gasteiger partial charge in [0, 0.05) is 26.4 Å². The van der Waals surface area contributed by atoms with E-state index in [2.05, 4.69) is 5.32 Å². The highest BCUT2D eigenvalue weighted by Crippen LogP contribution is 2.29. The van der Waals surface area contributed by atoms with Crippen LogP contribution in [0.1, 0.15) is 32.3 Å². The predicted octanol–water partition coefficient (Wildman–Crippen LogP) is 2.27. The van der Waals surface area contributed by atoms with Crippen LogP contribution in [0.2, 0.25) is 0 Å². The summed E-state index contributed by atoms with van der Waals surface area (Å²) >= 11 is 0. The fourth-order valence-corrected chi connectivity index (χ4v) is 2.02. The Kier molecular flexibility index (Phi) is 6.72. The lowest BCUT2D eigenvalue weighted by atomic mass is 10.1. The summed E-state index contributed by atoms with van der Waals surface area (Å²) in [5, 5.41) is 2.81. The minimum Gasteiger partial charge on any atom is -0.495 e. The first kappa shape index (κ1) is 17.0. The van der Waals surface area contributed by atoms with E-state index in [4.69, 9.17) is 4.74 Å². The molecule has 0 aliphatic heterocycles. The maximum Gasteiger partial charge on any atom is 0.223 e. The van der Waals surface area contributed by atoms with E-state index in [0.29, 0.717) is 24.5 Å². The summed E-state index contributed by atoms with van der Waals surface area (Å²) in [5.41, 5.74) is 1.74. The zero-order valence-electron chi connectivity index (χ0n) is 13.2. The normalized spacial score (nSPS) is 10.1. The third-order valence-electron chi connectivity index (χ3n) is 3.14. The summed E-state index contributed by atoms with van der Waals surface area (Å²) in [7, 11) is 1.57. The van der Waals surface area contributed by atoms with Crippen molar-refractivity contribution in [3.63, 3.8) is 0 Å². The molecule has 0 spiro atoms. The molecule has 1 N–H and O–H groups in total. The van der Waals surface area contributed by atoms with Crippen molar-refractivity contribution in [3.8, 4) is 5.75 Å². The van der Waals surface area contributed by atoms with Gasteiger partial charge >= 0.3 is 0 Å². The van der Waals surface area contributed by atoms with Crippen LogP contribution in [-0.2, 0) is 9.59 Å². The second-order valence-electron chi connectivity index (χ2n) is 4.95. The van der Waals surface area contributed by atoms with Crippen molar-refractivity contribution >= 4 is 17.5 Å². The Morgan fingerprint density at radius 1 is 1.33 bits per heavy atom. The number of aryl methyl sites for hydroxylation is 1. The number of anilines is 1. The van der Waals surface area contributed by atoms with E-state index in [1.807, 2.05) is 32.0 Å². The average Bonchev–Trinajstić information content (AvgIpc) is 2.45. The van der Waals surface area contributed by atoms with E-state index in [1.54, 1.807) is 12.0 Å². The highest BCUT2D eigenvalue weighted by atomic mass is 16.5. The molecule has 0 saturated heterocycles. The van der Waals surface area contributed by atoms with Crippen LogP contribution in [0.15, 0.2) is 18.2 Å². The summed E-state index contributed by atoms with van der Waals surface area (Å²) in [6.45, 7) is 6.44. The first-order valence-electron chi connectivity index (χ1n) is 7.19. The summed E-state index contributed by atoms with van der Waals surface area (Å²) in [6.07, 6.45) is 1.17. The van der Waals surface area contributed by atoms with Crippen LogP contribution in [0, 0.1) is 6.92 Å². The second-order valence-corrected chi connectivity index (χ2v) is 4.95. The molecule has 0 saturated carbocycles. The molecule has 1 aromatic carbocycles. The van der Waals surface area contributed by atoms with E-state index in [-0.39, 0.29) is 18.2 Å². The number of hydrogen-bond donors (Lipinski definition) is 1. The Balaban J connectivity index is 2.85. The fourth-order valence-electron chi connectivity index (χ4n) is 2.02. The Hall–Kier alpha value is -2.04. The van der Waals surface area contributed by atoms with Gasteiger partial charge in [-0.2, -0.15) is 0 Å². The lowest BCUT2D eigenvalue weighted by molar-refractivity contribution is -0.121. The first-order chi connectivity index (χ1) is 9.99. The van der Waals surface area contributed by atoms with Gasteiger partial charge in [0.15, 0.2) is 0 Å². The zero-order valence-corrected chi connectivity index (χ0v) is 13.2. The van der Waals surface area contributed by atoms with E-state index in [0.717, 1.165) is 12.0 Å². The van der Waals surface area contributed by atoms with Crippen molar-refractivity contribution in [2.45, 2.75) is 33.6 Å². The molecule has 0 aliphatic carbocycles. The summed E-state index contributed by atoms with van der Waals surface area (Å²) in [6, 6.07) is 5.65. The van der Waals surface area contributed by atoms with E-state index < -0.39 is 0 Å². The topological polar surface area (TPSA) is 58.6 Å². The van der Waals surface area contributed by atoms with Gasteiger partial charge in [0.25, 0.3) is 0 Å². The van der Waals surface area contributed by atoms with Crippen LogP contribution < -0.4 is 15.0 Å². The highest BCUT2D eigenvalue weighted by Gasteiger charge is 2.17. The maximum absolute atomic E-state index is 11.9. The van der Waals surface area contributed by atoms with Gasteiger partial charge in [-0.15, -0.1) is 0 Å². The number of benzene rings is 1. The number of carbonyl (C=O) groups excluding carboxylic acids is 2. The summed E-state index contributed by atoms with van der Waals surface area (Å²) in [4.78, 5) is 25.2. The van der Waals surface area contributed by atoms with Crippen molar-refractivity contribution in [1.29, 1.82) is 0 Å². The molecule has 21 heavy (non-hydrogen) atoms. The molecule has 0 radical (unpaired) electrons. The molecule has 5 heteroatoms. The molecule has 0 aliphatic rings. The highest BCUT2D eigenvalue weighted by molar-refractivity contribution is 5.94. The third-order valence-corrected chi connectivity index (χ3v) is 3.14. The van der Waals surface area contributed by atoms with Gasteiger partial charge in [-0.05, 0) is 31.0 Å². The van der Waals surface area contributed by atoms with Crippen molar-refractivity contribution in [3.05, 3.63) is 23.8 Å². The lowest BCUT2D eigenvalue weighted by Crippen LogP contribution is -2.34. The molecule has 0 aromatic heterocycles. The molecule has 5 nitrogen and oxygen atoms in total. The molecule has 0 atom stereocenters. The van der Waals surface area contributed by atoms with E-state index in [9.17, 15) is 9.59 Å². The molecular formula is C16H24N2O3. The number of hydrogen-bond acceptors (Lipinski definition) is 3. The van der Waals surface area contributed by atoms with Gasteiger partial charge in [0.1, 0.15) is 5.75 Å². The Bertz CT molecular complexity index is 500. The number of nitrogens with zero attached hydrogens (tertiary/aromatic N) is 1. The number of ether oxygens (including phenoxy) is 1. The molecule has 0 heterocycles. The van der Waals surface area contributed by atoms with Crippen LogP contribution in [0.3, 0.4) is 0 Å². The van der Waals surface area contributed by atoms with Crippen LogP contribution in [-0.4, -0.2) is 32.0 Å². The Morgan fingerprint density at radius 3 is 2.62 bits per heavy atom. The largest absolute Gasteiger partial charge is 0.495 e. The Labute approximate surface area is 126 Å².